The molecule has 0 aliphatic carbocycles. The van der Waals surface area contributed by atoms with Crippen LogP contribution in [-0.4, -0.2) is 43.8 Å². The van der Waals surface area contributed by atoms with E-state index in [0.717, 1.165) is 12.2 Å². The van der Waals surface area contributed by atoms with Gasteiger partial charge in [-0.25, -0.2) is 14.4 Å². The van der Waals surface area contributed by atoms with Gasteiger partial charge in [0.1, 0.15) is 6.61 Å². The number of hydrogen-bond acceptors (Lipinski definition) is 5. The maximum atomic E-state index is 11.3. The van der Waals surface area contributed by atoms with Crippen molar-refractivity contribution in [1.29, 1.82) is 0 Å². The SMILES string of the molecule is COC(=O)/C=C/C(=O)OCC(C)NC(=O)NC(C)C. The Labute approximate surface area is 112 Å². The van der Waals surface area contributed by atoms with E-state index in [0.29, 0.717) is 0 Å². The Morgan fingerprint density at radius 2 is 1.63 bits per heavy atom. The Kier molecular flexibility index (Phi) is 7.99. The molecule has 2 N–H and O–H groups in total. The number of carbonyl (C=O) groups excluding carboxylic acids is 3. The first-order valence-corrected chi connectivity index (χ1v) is 5.85. The Bertz CT molecular complexity index is 352. The minimum absolute atomic E-state index is 0.00978. The third-order valence-corrected chi connectivity index (χ3v) is 1.83. The van der Waals surface area contributed by atoms with E-state index < -0.39 is 11.9 Å². The molecule has 1 unspecified atom stereocenters. The largest absolute Gasteiger partial charge is 0.466 e. The van der Waals surface area contributed by atoms with Gasteiger partial charge in [-0.3, -0.25) is 0 Å². The molecule has 7 heteroatoms. The summed E-state index contributed by atoms with van der Waals surface area (Å²) < 4.78 is 9.15. The monoisotopic (exact) mass is 272 g/mol. The fourth-order valence-corrected chi connectivity index (χ4v) is 1.03. The van der Waals surface area contributed by atoms with Crippen LogP contribution in [0.3, 0.4) is 0 Å². The van der Waals surface area contributed by atoms with Gasteiger partial charge in [0.2, 0.25) is 0 Å². The molecule has 0 aliphatic heterocycles. The summed E-state index contributed by atoms with van der Waals surface area (Å²) in [6, 6.07) is -0.643. The number of rotatable bonds is 6. The Balaban J connectivity index is 3.93. The van der Waals surface area contributed by atoms with Crippen LogP contribution in [0.2, 0.25) is 0 Å². The van der Waals surface area contributed by atoms with E-state index in [4.69, 9.17) is 4.74 Å². The molecule has 0 aromatic heterocycles. The molecule has 0 aliphatic rings. The van der Waals surface area contributed by atoms with Gasteiger partial charge in [-0.2, -0.15) is 0 Å². The number of carbonyl (C=O) groups is 3. The summed E-state index contributed by atoms with van der Waals surface area (Å²) in [5.74, 6) is -1.32. The van der Waals surface area contributed by atoms with E-state index in [1.165, 1.54) is 7.11 Å². The lowest BCUT2D eigenvalue weighted by atomic mass is 10.3. The number of nitrogens with one attached hydrogen (secondary N) is 2. The van der Waals surface area contributed by atoms with Crippen LogP contribution in [0.4, 0.5) is 4.79 Å². The molecule has 0 bridgehead atoms. The zero-order valence-corrected chi connectivity index (χ0v) is 11.6. The van der Waals surface area contributed by atoms with Crippen molar-refractivity contribution in [2.45, 2.75) is 32.9 Å². The van der Waals surface area contributed by atoms with Crippen molar-refractivity contribution in [2.24, 2.45) is 0 Å². The first kappa shape index (κ1) is 16.9. The molecular weight excluding hydrogens is 252 g/mol. The summed E-state index contributed by atoms with van der Waals surface area (Å²) >= 11 is 0. The number of ether oxygens (including phenoxy) is 2. The Morgan fingerprint density at radius 1 is 1.05 bits per heavy atom. The van der Waals surface area contributed by atoms with Gasteiger partial charge in [-0.1, -0.05) is 0 Å². The van der Waals surface area contributed by atoms with Gasteiger partial charge in [-0.05, 0) is 20.8 Å². The van der Waals surface area contributed by atoms with E-state index >= 15 is 0 Å². The molecule has 19 heavy (non-hydrogen) atoms. The number of hydrogen-bond donors (Lipinski definition) is 2. The van der Waals surface area contributed by atoms with Crippen molar-refractivity contribution in [1.82, 2.24) is 10.6 Å². The highest BCUT2D eigenvalue weighted by Gasteiger charge is 2.09. The predicted octanol–water partition coefficient (Wildman–Crippen LogP) is 0.355. The van der Waals surface area contributed by atoms with Gasteiger partial charge in [0.25, 0.3) is 0 Å². The second-order valence-electron chi connectivity index (χ2n) is 4.16. The fourth-order valence-electron chi connectivity index (χ4n) is 1.03. The van der Waals surface area contributed by atoms with E-state index in [9.17, 15) is 14.4 Å². The predicted molar refractivity (Wildman–Crippen MR) is 68.4 cm³/mol. The highest BCUT2D eigenvalue weighted by molar-refractivity contribution is 5.91. The maximum absolute atomic E-state index is 11.3. The van der Waals surface area contributed by atoms with Crippen molar-refractivity contribution in [3.63, 3.8) is 0 Å². The topological polar surface area (TPSA) is 93.7 Å². The fraction of sp³-hybridized carbons (Fsp3) is 0.583. The maximum Gasteiger partial charge on any atom is 0.331 e. The molecule has 0 heterocycles. The molecular formula is C12H20N2O5. The van der Waals surface area contributed by atoms with Gasteiger partial charge in [-0.15, -0.1) is 0 Å². The van der Waals surface area contributed by atoms with Crippen molar-refractivity contribution in [2.75, 3.05) is 13.7 Å². The van der Waals surface area contributed by atoms with Gasteiger partial charge >= 0.3 is 18.0 Å². The molecule has 0 aromatic rings. The summed E-state index contributed by atoms with van der Waals surface area (Å²) in [6.45, 7) is 5.37. The molecule has 7 nitrogen and oxygen atoms in total. The van der Waals surface area contributed by atoms with Crippen LogP contribution < -0.4 is 10.6 Å². The summed E-state index contributed by atoms with van der Waals surface area (Å²) in [4.78, 5) is 33.2. The molecule has 108 valence electrons. The van der Waals surface area contributed by atoms with Gasteiger partial charge in [0.05, 0.1) is 13.2 Å². The molecule has 0 rings (SSSR count). The van der Waals surface area contributed by atoms with E-state index in [1.807, 2.05) is 13.8 Å². The molecule has 0 saturated heterocycles. The number of amides is 2. The molecule has 0 fully saturated rings. The van der Waals surface area contributed by atoms with E-state index in [2.05, 4.69) is 15.4 Å². The number of esters is 2. The second-order valence-corrected chi connectivity index (χ2v) is 4.16. The van der Waals surface area contributed by atoms with Crippen LogP contribution in [0.25, 0.3) is 0 Å². The average Bonchev–Trinajstić information content (AvgIpc) is 2.32. The van der Waals surface area contributed by atoms with E-state index in [1.54, 1.807) is 6.92 Å². The van der Waals surface area contributed by atoms with Crippen molar-refractivity contribution in [3.8, 4) is 0 Å². The Hall–Kier alpha value is -2.05. The lowest BCUT2D eigenvalue weighted by molar-refractivity contribution is -0.139. The van der Waals surface area contributed by atoms with Gasteiger partial charge in [0, 0.05) is 18.2 Å². The smallest absolute Gasteiger partial charge is 0.331 e. The van der Waals surface area contributed by atoms with Crippen LogP contribution in [0.15, 0.2) is 12.2 Å². The summed E-state index contributed by atoms with van der Waals surface area (Å²) in [5.41, 5.74) is 0. The van der Waals surface area contributed by atoms with Crippen LogP contribution in [0.1, 0.15) is 20.8 Å². The first-order chi connectivity index (χ1) is 8.85. The zero-order valence-electron chi connectivity index (χ0n) is 11.6. The second kappa shape index (κ2) is 8.96. The zero-order chi connectivity index (χ0) is 14.8. The van der Waals surface area contributed by atoms with Gasteiger partial charge in [0.15, 0.2) is 0 Å². The quantitative estimate of drug-likeness (QED) is 0.537. The summed E-state index contributed by atoms with van der Waals surface area (Å²) in [7, 11) is 1.21. The van der Waals surface area contributed by atoms with Crippen LogP contribution >= 0.6 is 0 Å². The third kappa shape index (κ3) is 9.63. The lowest BCUT2D eigenvalue weighted by Gasteiger charge is -2.15. The van der Waals surface area contributed by atoms with Crippen LogP contribution in [-0.2, 0) is 19.1 Å². The van der Waals surface area contributed by atoms with Crippen LogP contribution in [0, 0.1) is 0 Å². The Morgan fingerprint density at radius 3 is 2.16 bits per heavy atom. The summed E-state index contributed by atoms with van der Waals surface area (Å²) in [5, 5.41) is 5.24. The minimum atomic E-state index is -0.677. The average molecular weight is 272 g/mol. The molecule has 0 spiro atoms. The highest BCUT2D eigenvalue weighted by Crippen LogP contribution is 1.89. The minimum Gasteiger partial charge on any atom is -0.466 e. The molecule has 0 aromatic carbocycles. The lowest BCUT2D eigenvalue weighted by Crippen LogP contribution is -2.45. The molecule has 0 saturated carbocycles. The van der Waals surface area contributed by atoms with Gasteiger partial charge < -0.3 is 20.1 Å². The van der Waals surface area contributed by atoms with Crippen molar-refractivity contribution in [3.05, 3.63) is 12.2 Å². The molecule has 2 amide bonds. The highest BCUT2D eigenvalue weighted by atomic mass is 16.5. The molecule has 1 atom stereocenters. The van der Waals surface area contributed by atoms with Crippen molar-refractivity contribution < 1.29 is 23.9 Å². The number of urea groups is 1. The van der Waals surface area contributed by atoms with Crippen molar-refractivity contribution >= 4 is 18.0 Å². The standard InChI is InChI=1S/C12H20N2O5/c1-8(2)13-12(17)14-9(3)7-19-11(16)6-5-10(15)18-4/h5-6,8-9H,7H2,1-4H3,(H2,13,14,17)/b6-5+. The van der Waals surface area contributed by atoms with E-state index in [-0.39, 0.29) is 24.7 Å². The van der Waals surface area contributed by atoms with Crippen LogP contribution in [0.5, 0.6) is 0 Å². The summed E-state index contributed by atoms with van der Waals surface area (Å²) in [6.07, 6.45) is 1.93. The normalized spacial score (nSPS) is 12.1. The first-order valence-electron chi connectivity index (χ1n) is 5.85. The third-order valence-electron chi connectivity index (χ3n) is 1.83. The molecule has 0 radical (unpaired) electrons. The number of methoxy groups -OCH3 is 1.